The van der Waals surface area contributed by atoms with E-state index in [-0.39, 0.29) is 5.91 Å². The predicted molar refractivity (Wildman–Crippen MR) is 96.6 cm³/mol. The number of hydrogen-bond acceptors (Lipinski definition) is 2. The van der Waals surface area contributed by atoms with Gasteiger partial charge in [-0.3, -0.25) is 4.79 Å². The second-order valence-corrected chi connectivity index (χ2v) is 5.93. The molecule has 0 radical (unpaired) electrons. The third-order valence-electron chi connectivity index (χ3n) is 3.23. The largest absolute Gasteiger partial charge is 0.489 e. The van der Waals surface area contributed by atoms with Gasteiger partial charge in [-0.05, 0) is 49.1 Å². The number of carbonyl (C=O) groups is 1. The van der Waals surface area contributed by atoms with Crippen LogP contribution < -0.4 is 10.1 Å². The first kappa shape index (κ1) is 18.8. The van der Waals surface area contributed by atoms with Crippen LogP contribution in [0, 0.1) is 12.8 Å². The number of nitrogens with one attached hydrogen (secondary N) is 1. The molecule has 0 bridgehead atoms. The van der Waals surface area contributed by atoms with Crippen LogP contribution in [0.4, 0.5) is 0 Å². The van der Waals surface area contributed by atoms with Crippen LogP contribution in [0.25, 0.3) is 0 Å². The highest BCUT2D eigenvalue weighted by Gasteiger charge is 2.04. The van der Waals surface area contributed by atoms with Crippen molar-refractivity contribution in [3.8, 4) is 5.75 Å². The molecule has 0 aromatic heterocycles. The minimum absolute atomic E-state index is 0.134. The molecule has 1 N–H and O–H groups in total. The normalized spacial score (nSPS) is 11.8. The van der Waals surface area contributed by atoms with E-state index in [1.54, 1.807) is 6.08 Å². The van der Waals surface area contributed by atoms with Crippen LogP contribution in [0.2, 0.25) is 0 Å². The van der Waals surface area contributed by atoms with Gasteiger partial charge >= 0.3 is 0 Å². The van der Waals surface area contributed by atoms with E-state index in [0.29, 0.717) is 24.6 Å². The topological polar surface area (TPSA) is 38.3 Å². The number of benzene rings is 1. The van der Waals surface area contributed by atoms with Gasteiger partial charge < -0.3 is 10.1 Å². The molecule has 0 aliphatic rings. The van der Waals surface area contributed by atoms with Gasteiger partial charge in [0.1, 0.15) is 12.4 Å². The zero-order chi connectivity index (χ0) is 17.2. The van der Waals surface area contributed by atoms with E-state index in [2.05, 4.69) is 25.7 Å². The quantitative estimate of drug-likeness (QED) is 0.577. The van der Waals surface area contributed by atoms with E-state index in [9.17, 15) is 4.79 Å². The molecule has 0 fully saturated rings. The van der Waals surface area contributed by atoms with Gasteiger partial charge in [0.25, 0.3) is 5.91 Å². The molecule has 0 unspecified atom stereocenters. The van der Waals surface area contributed by atoms with Gasteiger partial charge in [-0.25, -0.2) is 0 Å². The molecule has 0 heterocycles. The molecule has 23 heavy (non-hydrogen) atoms. The Labute approximate surface area is 139 Å². The summed E-state index contributed by atoms with van der Waals surface area (Å²) in [5.74, 6) is 1.13. The summed E-state index contributed by atoms with van der Waals surface area (Å²) < 4.78 is 5.76. The first-order valence-corrected chi connectivity index (χ1v) is 7.92. The summed E-state index contributed by atoms with van der Waals surface area (Å²) in [4.78, 5) is 11.9. The third kappa shape index (κ3) is 7.50. The number of carbonyl (C=O) groups excluding carboxylic acids is 1. The summed E-state index contributed by atoms with van der Waals surface area (Å²) in [5, 5.41) is 2.85. The summed E-state index contributed by atoms with van der Waals surface area (Å²) in [6, 6.07) is 7.93. The van der Waals surface area contributed by atoms with Crippen LogP contribution in [0.3, 0.4) is 0 Å². The Morgan fingerprint density at radius 3 is 2.70 bits per heavy atom. The maximum atomic E-state index is 11.9. The Morgan fingerprint density at radius 2 is 2.09 bits per heavy atom. The number of ether oxygens (including phenoxy) is 1. The third-order valence-corrected chi connectivity index (χ3v) is 3.23. The monoisotopic (exact) mass is 313 g/mol. The van der Waals surface area contributed by atoms with Crippen LogP contribution in [0.15, 0.2) is 60.2 Å². The van der Waals surface area contributed by atoms with Gasteiger partial charge in [0.2, 0.25) is 0 Å². The Bertz CT molecular complexity index is 597. The van der Waals surface area contributed by atoms with E-state index < -0.39 is 0 Å². The van der Waals surface area contributed by atoms with E-state index in [4.69, 9.17) is 4.74 Å². The Morgan fingerprint density at radius 1 is 1.35 bits per heavy atom. The molecule has 0 aliphatic carbocycles. The Kier molecular flexibility index (Phi) is 7.89. The molecule has 3 nitrogen and oxygen atoms in total. The minimum atomic E-state index is -0.134. The average Bonchev–Trinajstić information content (AvgIpc) is 2.52. The lowest BCUT2D eigenvalue weighted by molar-refractivity contribution is -0.117. The van der Waals surface area contributed by atoms with Gasteiger partial charge in [-0.15, -0.1) is 0 Å². The number of aryl methyl sites for hydroxylation is 1. The van der Waals surface area contributed by atoms with Crippen LogP contribution in [0.1, 0.15) is 26.3 Å². The number of allylic oxidation sites excluding steroid dienone is 1. The van der Waals surface area contributed by atoms with E-state index in [1.807, 2.05) is 50.3 Å². The summed E-state index contributed by atoms with van der Waals surface area (Å²) in [6.45, 7) is 13.0. The lowest BCUT2D eigenvalue weighted by Gasteiger charge is -2.09. The molecule has 1 aromatic rings. The van der Waals surface area contributed by atoms with E-state index in [0.717, 1.165) is 16.9 Å². The van der Waals surface area contributed by atoms with Crippen LogP contribution in [-0.2, 0) is 4.79 Å². The Hall–Kier alpha value is -2.29. The highest BCUT2D eigenvalue weighted by Crippen LogP contribution is 2.14. The van der Waals surface area contributed by atoms with Crippen LogP contribution in [0.5, 0.6) is 5.75 Å². The zero-order valence-corrected chi connectivity index (χ0v) is 14.6. The summed E-state index contributed by atoms with van der Waals surface area (Å²) in [6.07, 6.45) is 5.56. The second-order valence-electron chi connectivity index (χ2n) is 5.93. The van der Waals surface area contributed by atoms with Crippen molar-refractivity contribution < 1.29 is 9.53 Å². The molecule has 1 rings (SSSR count). The molecule has 0 aliphatic heterocycles. The molecular weight excluding hydrogens is 286 g/mol. The van der Waals surface area contributed by atoms with Crippen molar-refractivity contribution >= 4 is 5.91 Å². The molecule has 1 aromatic carbocycles. The molecule has 3 heteroatoms. The van der Waals surface area contributed by atoms with Gasteiger partial charge in [0.15, 0.2) is 0 Å². The fourth-order valence-electron chi connectivity index (χ4n) is 1.79. The van der Waals surface area contributed by atoms with E-state index in [1.165, 1.54) is 0 Å². The van der Waals surface area contributed by atoms with Crippen molar-refractivity contribution in [2.45, 2.75) is 27.7 Å². The first-order valence-electron chi connectivity index (χ1n) is 7.92. The molecule has 1 amide bonds. The van der Waals surface area contributed by atoms with Crippen LogP contribution >= 0.6 is 0 Å². The van der Waals surface area contributed by atoms with E-state index >= 15 is 0 Å². The average molecular weight is 313 g/mol. The van der Waals surface area contributed by atoms with Crippen molar-refractivity contribution in [2.75, 3.05) is 13.2 Å². The lowest BCUT2D eigenvalue weighted by atomic mass is 10.1. The molecule has 0 saturated heterocycles. The molecule has 0 atom stereocenters. The molecule has 0 saturated carbocycles. The maximum absolute atomic E-state index is 11.9. The number of rotatable bonds is 8. The van der Waals surface area contributed by atoms with Crippen molar-refractivity contribution in [3.05, 3.63) is 65.8 Å². The van der Waals surface area contributed by atoms with Gasteiger partial charge in [-0.1, -0.05) is 44.7 Å². The number of hydrogen-bond donors (Lipinski definition) is 1. The van der Waals surface area contributed by atoms with Crippen molar-refractivity contribution in [1.82, 2.24) is 5.32 Å². The standard InChI is InChI=1S/C20H27NO2/c1-6-18(14-23-19-9-7-8-16(4)12-19)11-10-17(5)20(22)21-13-15(2)3/h6-12,15H,5,13-14H2,1-4H3,(H,21,22)/b11-10-,18-6+. The highest BCUT2D eigenvalue weighted by molar-refractivity contribution is 5.95. The molecule has 0 spiro atoms. The fraction of sp³-hybridized carbons (Fsp3) is 0.350. The van der Waals surface area contributed by atoms with Crippen LogP contribution in [-0.4, -0.2) is 19.1 Å². The van der Waals surface area contributed by atoms with Gasteiger partial charge in [0, 0.05) is 12.1 Å². The Balaban J connectivity index is 2.52. The SMILES string of the molecule is C=C(/C=C\C(=C/C)COc1cccc(C)c1)C(=O)NCC(C)C. The van der Waals surface area contributed by atoms with Crippen molar-refractivity contribution in [3.63, 3.8) is 0 Å². The summed E-state index contributed by atoms with van der Waals surface area (Å²) in [7, 11) is 0. The van der Waals surface area contributed by atoms with Crippen molar-refractivity contribution in [2.24, 2.45) is 5.92 Å². The first-order chi connectivity index (χ1) is 10.9. The van der Waals surface area contributed by atoms with Gasteiger partial charge in [0.05, 0.1) is 0 Å². The number of amides is 1. The maximum Gasteiger partial charge on any atom is 0.250 e. The second kappa shape index (κ2) is 9.67. The smallest absolute Gasteiger partial charge is 0.250 e. The molecular formula is C20H27NO2. The minimum Gasteiger partial charge on any atom is -0.489 e. The summed E-state index contributed by atoms with van der Waals surface area (Å²) in [5.41, 5.74) is 2.60. The lowest BCUT2D eigenvalue weighted by Crippen LogP contribution is -2.27. The fourth-order valence-corrected chi connectivity index (χ4v) is 1.79. The highest BCUT2D eigenvalue weighted by atomic mass is 16.5. The van der Waals surface area contributed by atoms with Gasteiger partial charge in [-0.2, -0.15) is 0 Å². The van der Waals surface area contributed by atoms with Crippen molar-refractivity contribution in [1.29, 1.82) is 0 Å². The summed E-state index contributed by atoms with van der Waals surface area (Å²) >= 11 is 0. The zero-order valence-electron chi connectivity index (χ0n) is 14.6. The predicted octanol–water partition coefficient (Wildman–Crippen LogP) is 4.20. The molecule has 124 valence electrons.